The van der Waals surface area contributed by atoms with Gasteiger partial charge in [-0.05, 0) is 12.1 Å². The van der Waals surface area contributed by atoms with Crippen LogP contribution in [0.4, 0.5) is 0 Å². The van der Waals surface area contributed by atoms with E-state index in [9.17, 15) is 0 Å². The molecule has 0 saturated carbocycles. The van der Waals surface area contributed by atoms with Crippen LogP contribution in [0, 0.1) is 11.3 Å². The zero-order chi connectivity index (χ0) is 11.7. The first-order valence-corrected chi connectivity index (χ1v) is 4.90. The van der Waals surface area contributed by atoms with E-state index in [2.05, 4.69) is 20.1 Å². The second-order valence-electron chi connectivity index (χ2n) is 3.35. The van der Waals surface area contributed by atoms with Crippen LogP contribution in [-0.2, 0) is 0 Å². The lowest BCUT2D eigenvalue weighted by Gasteiger charge is -2.00. The van der Waals surface area contributed by atoms with Gasteiger partial charge in [0.25, 0.3) is 0 Å². The summed E-state index contributed by atoms with van der Waals surface area (Å²) in [4.78, 5) is 12.0. The van der Waals surface area contributed by atoms with Gasteiger partial charge in [-0.15, -0.1) is 0 Å². The largest absolute Gasteiger partial charge is 0.237 e. The molecule has 0 spiro atoms. The summed E-state index contributed by atoms with van der Waals surface area (Å²) in [6, 6.07) is 5.65. The van der Waals surface area contributed by atoms with Crippen molar-refractivity contribution in [2.45, 2.75) is 0 Å². The minimum atomic E-state index is 0.137. The Morgan fingerprint density at radius 1 is 1.12 bits per heavy atom. The number of aromatic nitrogens is 5. The van der Waals surface area contributed by atoms with E-state index in [1.165, 1.54) is 0 Å². The molecular formula is C11H6N6. The summed E-state index contributed by atoms with van der Waals surface area (Å²) in [5.74, 6) is 0.137. The van der Waals surface area contributed by atoms with E-state index in [4.69, 9.17) is 5.26 Å². The van der Waals surface area contributed by atoms with E-state index in [0.29, 0.717) is 5.69 Å². The molecule has 0 aromatic carbocycles. The molecule has 6 heteroatoms. The van der Waals surface area contributed by atoms with Crippen LogP contribution >= 0.6 is 0 Å². The molecule has 0 saturated heterocycles. The third-order valence-electron chi connectivity index (χ3n) is 2.31. The number of pyridine rings is 1. The van der Waals surface area contributed by atoms with Gasteiger partial charge >= 0.3 is 0 Å². The van der Waals surface area contributed by atoms with E-state index < -0.39 is 0 Å². The van der Waals surface area contributed by atoms with Crippen molar-refractivity contribution in [2.24, 2.45) is 0 Å². The van der Waals surface area contributed by atoms with Crippen molar-refractivity contribution in [3.63, 3.8) is 0 Å². The van der Waals surface area contributed by atoms with Gasteiger partial charge in [-0.3, -0.25) is 0 Å². The number of nitriles is 1. The molecule has 3 rings (SSSR count). The molecule has 6 nitrogen and oxygen atoms in total. The molecule has 80 valence electrons. The topological polar surface area (TPSA) is 80.3 Å². The van der Waals surface area contributed by atoms with Crippen molar-refractivity contribution in [2.75, 3.05) is 0 Å². The molecule has 0 unspecified atom stereocenters. The maximum Gasteiger partial charge on any atom is 0.232 e. The number of nitrogens with zero attached hydrogens (tertiary/aromatic N) is 6. The van der Waals surface area contributed by atoms with Crippen LogP contribution in [0.25, 0.3) is 16.7 Å². The van der Waals surface area contributed by atoms with Crippen LogP contribution in [0.2, 0.25) is 0 Å². The van der Waals surface area contributed by atoms with Gasteiger partial charge in [0.05, 0.1) is 18.6 Å². The molecule has 0 atom stereocenters. The number of hydrogen-bond donors (Lipinski definition) is 0. The number of fused-ring (bicyclic) bond motifs is 1. The first-order chi connectivity index (χ1) is 8.38. The summed E-state index contributed by atoms with van der Waals surface area (Å²) < 4.78 is 1.64. The Morgan fingerprint density at radius 3 is 2.71 bits per heavy atom. The van der Waals surface area contributed by atoms with Crippen molar-refractivity contribution in [3.8, 4) is 11.8 Å². The second kappa shape index (κ2) is 3.64. The summed E-state index contributed by atoms with van der Waals surface area (Å²) in [5.41, 5.74) is 1.42. The Labute approximate surface area is 96.2 Å². The normalized spacial score (nSPS) is 10.3. The predicted molar refractivity (Wildman–Crippen MR) is 59.2 cm³/mol. The fourth-order valence-corrected chi connectivity index (χ4v) is 1.54. The van der Waals surface area contributed by atoms with Crippen molar-refractivity contribution in [1.82, 2.24) is 24.7 Å². The highest BCUT2D eigenvalue weighted by atomic mass is 15.3. The van der Waals surface area contributed by atoms with Gasteiger partial charge in [-0.25, -0.2) is 19.6 Å². The standard InChI is InChI=1S/C11H6N6/c12-4-10-14-6-9(7-15-10)17-11-8(5-16-17)2-1-3-13-11/h1-3,5-7H. The Morgan fingerprint density at radius 2 is 1.94 bits per heavy atom. The van der Waals surface area contributed by atoms with Crippen molar-refractivity contribution >= 4 is 11.0 Å². The maximum atomic E-state index is 8.62. The molecule has 0 radical (unpaired) electrons. The third kappa shape index (κ3) is 1.50. The molecule has 0 bridgehead atoms. The minimum Gasteiger partial charge on any atom is -0.237 e. The van der Waals surface area contributed by atoms with E-state index in [-0.39, 0.29) is 5.82 Å². The zero-order valence-corrected chi connectivity index (χ0v) is 8.65. The maximum absolute atomic E-state index is 8.62. The molecule has 3 aromatic rings. The van der Waals surface area contributed by atoms with Gasteiger partial charge in [-0.1, -0.05) is 0 Å². The molecule has 0 aliphatic heterocycles. The number of hydrogen-bond acceptors (Lipinski definition) is 5. The Hall–Kier alpha value is -2.81. The van der Waals surface area contributed by atoms with Crippen LogP contribution in [0.5, 0.6) is 0 Å². The van der Waals surface area contributed by atoms with Crippen molar-refractivity contribution < 1.29 is 0 Å². The monoisotopic (exact) mass is 222 g/mol. The molecule has 3 heterocycles. The molecule has 0 aliphatic carbocycles. The summed E-state index contributed by atoms with van der Waals surface area (Å²) >= 11 is 0. The smallest absolute Gasteiger partial charge is 0.232 e. The first kappa shape index (κ1) is 9.42. The van der Waals surface area contributed by atoms with Crippen LogP contribution in [0.1, 0.15) is 5.82 Å². The Balaban J connectivity index is 2.17. The average molecular weight is 222 g/mol. The quantitative estimate of drug-likeness (QED) is 0.615. The van der Waals surface area contributed by atoms with Gasteiger partial charge in [0, 0.05) is 11.6 Å². The molecular weight excluding hydrogens is 216 g/mol. The summed E-state index contributed by atoms with van der Waals surface area (Å²) in [6.07, 6.45) is 6.52. The molecule has 0 aliphatic rings. The lowest BCUT2D eigenvalue weighted by molar-refractivity contribution is 0.876. The van der Waals surface area contributed by atoms with Gasteiger partial charge < -0.3 is 0 Å². The van der Waals surface area contributed by atoms with Gasteiger partial charge in [0.2, 0.25) is 5.82 Å². The molecule has 3 aromatic heterocycles. The van der Waals surface area contributed by atoms with E-state index in [1.807, 2.05) is 18.2 Å². The lowest BCUT2D eigenvalue weighted by atomic mass is 10.3. The third-order valence-corrected chi connectivity index (χ3v) is 2.31. The zero-order valence-electron chi connectivity index (χ0n) is 8.65. The Kier molecular flexibility index (Phi) is 2.02. The second-order valence-corrected chi connectivity index (χ2v) is 3.35. The van der Waals surface area contributed by atoms with Crippen LogP contribution in [0.3, 0.4) is 0 Å². The number of rotatable bonds is 1. The summed E-state index contributed by atoms with van der Waals surface area (Å²) in [5, 5.41) is 13.8. The van der Waals surface area contributed by atoms with E-state index in [0.717, 1.165) is 11.0 Å². The molecule has 0 fully saturated rings. The summed E-state index contributed by atoms with van der Waals surface area (Å²) in [7, 11) is 0. The summed E-state index contributed by atoms with van der Waals surface area (Å²) in [6.45, 7) is 0. The highest BCUT2D eigenvalue weighted by Crippen LogP contribution is 2.14. The van der Waals surface area contributed by atoms with Gasteiger partial charge in [0.1, 0.15) is 11.8 Å². The fourth-order valence-electron chi connectivity index (χ4n) is 1.54. The first-order valence-electron chi connectivity index (χ1n) is 4.90. The molecule has 0 amide bonds. The van der Waals surface area contributed by atoms with Crippen LogP contribution in [0.15, 0.2) is 36.9 Å². The van der Waals surface area contributed by atoms with Crippen molar-refractivity contribution in [3.05, 3.63) is 42.7 Å². The van der Waals surface area contributed by atoms with Crippen LogP contribution < -0.4 is 0 Å². The minimum absolute atomic E-state index is 0.137. The lowest BCUT2D eigenvalue weighted by Crippen LogP contribution is -2.00. The fraction of sp³-hybridized carbons (Fsp3) is 0. The van der Waals surface area contributed by atoms with E-state index >= 15 is 0 Å². The highest BCUT2D eigenvalue weighted by Gasteiger charge is 2.06. The predicted octanol–water partition coefficient (Wildman–Crippen LogP) is 1.08. The van der Waals surface area contributed by atoms with Crippen molar-refractivity contribution in [1.29, 1.82) is 5.26 Å². The molecule has 0 N–H and O–H groups in total. The Bertz CT molecular complexity index is 707. The van der Waals surface area contributed by atoms with E-state index in [1.54, 1.807) is 29.5 Å². The SMILES string of the molecule is N#Cc1ncc(-n2ncc3cccnc32)cn1. The van der Waals surface area contributed by atoms with Gasteiger partial charge in [-0.2, -0.15) is 10.4 Å². The molecule has 17 heavy (non-hydrogen) atoms. The van der Waals surface area contributed by atoms with Gasteiger partial charge in [0.15, 0.2) is 5.65 Å². The highest BCUT2D eigenvalue weighted by molar-refractivity contribution is 5.75. The average Bonchev–Trinajstić information content (AvgIpc) is 2.83. The van der Waals surface area contributed by atoms with Crippen LogP contribution in [-0.4, -0.2) is 24.7 Å².